The van der Waals surface area contributed by atoms with Gasteiger partial charge < -0.3 is 9.42 Å². The second-order valence-corrected chi connectivity index (χ2v) is 7.59. The van der Waals surface area contributed by atoms with Gasteiger partial charge in [-0.2, -0.15) is 4.98 Å². The zero-order valence-corrected chi connectivity index (χ0v) is 16.9. The summed E-state index contributed by atoms with van der Waals surface area (Å²) >= 11 is 0. The molecule has 5 rings (SSSR count). The summed E-state index contributed by atoms with van der Waals surface area (Å²) in [5, 5.41) is 6.34. The van der Waals surface area contributed by atoms with Crippen molar-refractivity contribution in [3.63, 3.8) is 0 Å². The minimum atomic E-state index is -0.484. The van der Waals surface area contributed by atoms with Crippen LogP contribution >= 0.6 is 0 Å². The summed E-state index contributed by atoms with van der Waals surface area (Å²) in [6, 6.07) is 20.2. The predicted molar refractivity (Wildman–Crippen MR) is 115 cm³/mol. The molecule has 0 N–H and O–H groups in total. The highest BCUT2D eigenvalue weighted by Gasteiger charge is 2.25. The molecular weight excluding hydrogens is 395 g/mol. The van der Waals surface area contributed by atoms with Gasteiger partial charge in [-0.1, -0.05) is 53.7 Å². The standard InChI is InChI=1S/C24H21FN4O2/c25-21-11-4-3-9-20(21)24(30)29-14-12-28(13-15-29)16-22-26-23(31-27-22)19-10-5-7-17-6-1-2-8-18(17)19/h1-11H,12-16H2. The SMILES string of the molecule is O=C(c1ccccc1F)N1CCN(Cc2noc(-c3cccc4ccccc34)n2)CC1. The van der Waals surface area contributed by atoms with Crippen molar-refractivity contribution in [2.45, 2.75) is 6.54 Å². The van der Waals surface area contributed by atoms with Gasteiger partial charge in [-0.05, 0) is 29.0 Å². The Morgan fingerprint density at radius 3 is 2.52 bits per heavy atom. The molecule has 0 unspecified atom stereocenters. The second kappa shape index (κ2) is 8.28. The lowest BCUT2D eigenvalue weighted by Crippen LogP contribution is -2.48. The molecule has 31 heavy (non-hydrogen) atoms. The number of fused-ring (bicyclic) bond motifs is 1. The lowest BCUT2D eigenvalue weighted by molar-refractivity contribution is 0.0620. The van der Waals surface area contributed by atoms with Crippen molar-refractivity contribution in [1.29, 1.82) is 0 Å². The first kappa shape index (κ1) is 19.4. The third-order valence-electron chi connectivity index (χ3n) is 5.62. The molecule has 0 aliphatic carbocycles. The zero-order chi connectivity index (χ0) is 21.2. The molecule has 1 aliphatic rings. The molecule has 1 aromatic heterocycles. The third kappa shape index (κ3) is 3.92. The van der Waals surface area contributed by atoms with E-state index in [1.54, 1.807) is 17.0 Å². The molecule has 0 spiro atoms. The van der Waals surface area contributed by atoms with Crippen LogP contribution in [0.5, 0.6) is 0 Å². The Hall–Kier alpha value is -3.58. The number of aromatic nitrogens is 2. The molecule has 1 saturated heterocycles. The largest absolute Gasteiger partial charge is 0.336 e. The molecule has 156 valence electrons. The lowest BCUT2D eigenvalue weighted by atomic mass is 10.0. The monoisotopic (exact) mass is 416 g/mol. The van der Waals surface area contributed by atoms with Crippen LogP contribution in [0.2, 0.25) is 0 Å². The Labute approximate surface area is 178 Å². The molecule has 3 aromatic carbocycles. The van der Waals surface area contributed by atoms with Gasteiger partial charge in [0, 0.05) is 31.7 Å². The summed E-state index contributed by atoms with van der Waals surface area (Å²) in [6.07, 6.45) is 0. The zero-order valence-electron chi connectivity index (χ0n) is 16.9. The van der Waals surface area contributed by atoms with Crippen LogP contribution in [0.1, 0.15) is 16.2 Å². The number of amides is 1. The maximum Gasteiger partial charge on any atom is 0.258 e. The first-order valence-electron chi connectivity index (χ1n) is 10.3. The van der Waals surface area contributed by atoms with Crippen molar-refractivity contribution < 1.29 is 13.7 Å². The Morgan fingerprint density at radius 1 is 0.935 bits per heavy atom. The summed E-state index contributed by atoms with van der Waals surface area (Å²) in [7, 11) is 0. The van der Waals surface area contributed by atoms with E-state index in [-0.39, 0.29) is 11.5 Å². The minimum Gasteiger partial charge on any atom is -0.336 e. The van der Waals surface area contributed by atoms with Gasteiger partial charge in [0.05, 0.1) is 12.1 Å². The van der Waals surface area contributed by atoms with Crippen molar-refractivity contribution in [2.24, 2.45) is 0 Å². The molecule has 0 radical (unpaired) electrons. The van der Waals surface area contributed by atoms with E-state index in [0.717, 1.165) is 16.3 Å². The lowest BCUT2D eigenvalue weighted by Gasteiger charge is -2.34. The third-order valence-corrected chi connectivity index (χ3v) is 5.62. The van der Waals surface area contributed by atoms with E-state index in [9.17, 15) is 9.18 Å². The number of carbonyl (C=O) groups is 1. The molecule has 1 fully saturated rings. The van der Waals surface area contributed by atoms with Crippen LogP contribution in [-0.2, 0) is 6.54 Å². The van der Waals surface area contributed by atoms with Gasteiger partial charge >= 0.3 is 0 Å². The molecule has 7 heteroatoms. The summed E-state index contributed by atoms with van der Waals surface area (Å²) < 4.78 is 19.5. The van der Waals surface area contributed by atoms with Gasteiger partial charge in [-0.15, -0.1) is 0 Å². The van der Waals surface area contributed by atoms with Crippen molar-refractivity contribution in [2.75, 3.05) is 26.2 Å². The van der Waals surface area contributed by atoms with Crippen LogP contribution in [0.3, 0.4) is 0 Å². The van der Waals surface area contributed by atoms with E-state index in [4.69, 9.17) is 4.52 Å². The number of rotatable bonds is 4. The minimum absolute atomic E-state index is 0.119. The van der Waals surface area contributed by atoms with Gasteiger partial charge in [0.1, 0.15) is 5.82 Å². The summed E-state index contributed by atoms with van der Waals surface area (Å²) in [4.78, 5) is 21.0. The van der Waals surface area contributed by atoms with Crippen LogP contribution in [0.25, 0.3) is 22.2 Å². The topological polar surface area (TPSA) is 62.5 Å². The van der Waals surface area contributed by atoms with Crippen LogP contribution < -0.4 is 0 Å². The maximum atomic E-state index is 13.9. The average molecular weight is 416 g/mol. The fraction of sp³-hybridized carbons (Fsp3) is 0.208. The highest BCUT2D eigenvalue weighted by molar-refractivity contribution is 5.95. The number of hydrogen-bond acceptors (Lipinski definition) is 5. The van der Waals surface area contributed by atoms with Gasteiger partial charge in [0.25, 0.3) is 11.8 Å². The highest BCUT2D eigenvalue weighted by Crippen LogP contribution is 2.27. The Morgan fingerprint density at radius 2 is 1.68 bits per heavy atom. The Kier molecular flexibility index (Phi) is 5.18. The average Bonchev–Trinajstić information content (AvgIpc) is 3.27. The summed E-state index contributed by atoms with van der Waals surface area (Å²) in [5.41, 5.74) is 1.03. The number of carbonyl (C=O) groups excluding carboxylic acids is 1. The predicted octanol–water partition coefficient (Wildman–Crippen LogP) is 3.99. The van der Waals surface area contributed by atoms with Crippen LogP contribution in [0.15, 0.2) is 71.3 Å². The number of benzene rings is 3. The van der Waals surface area contributed by atoms with Crippen LogP contribution in [0.4, 0.5) is 4.39 Å². The van der Waals surface area contributed by atoms with Gasteiger partial charge in [-0.3, -0.25) is 9.69 Å². The second-order valence-electron chi connectivity index (χ2n) is 7.59. The number of hydrogen-bond donors (Lipinski definition) is 0. The van der Waals surface area contributed by atoms with Crippen molar-refractivity contribution in [3.8, 4) is 11.5 Å². The number of halogens is 1. The highest BCUT2D eigenvalue weighted by atomic mass is 19.1. The van der Waals surface area contributed by atoms with E-state index in [1.165, 1.54) is 12.1 Å². The van der Waals surface area contributed by atoms with E-state index in [1.807, 2.05) is 30.3 Å². The fourth-order valence-corrected chi connectivity index (χ4v) is 3.95. The fourth-order valence-electron chi connectivity index (χ4n) is 3.95. The van der Waals surface area contributed by atoms with Crippen LogP contribution in [-0.4, -0.2) is 52.0 Å². The summed E-state index contributed by atoms with van der Waals surface area (Å²) in [5.74, 6) is 0.357. The number of piperazine rings is 1. The van der Waals surface area contributed by atoms with Crippen molar-refractivity contribution in [1.82, 2.24) is 19.9 Å². The quantitative estimate of drug-likeness (QED) is 0.504. The Balaban J connectivity index is 1.24. The van der Waals surface area contributed by atoms with Crippen molar-refractivity contribution in [3.05, 3.63) is 83.9 Å². The molecular formula is C24H21FN4O2. The molecule has 0 bridgehead atoms. The van der Waals surface area contributed by atoms with E-state index in [2.05, 4.69) is 27.2 Å². The molecule has 0 saturated carbocycles. The normalized spacial score (nSPS) is 14.8. The first-order valence-corrected chi connectivity index (χ1v) is 10.3. The summed E-state index contributed by atoms with van der Waals surface area (Å²) in [6.45, 7) is 2.93. The van der Waals surface area contributed by atoms with Gasteiger partial charge in [0.15, 0.2) is 5.82 Å². The van der Waals surface area contributed by atoms with Crippen molar-refractivity contribution >= 4 is 16.7 Å². The van der Waals surface area contributed by atoms with Crippen LogP contribution in [0, 0.1) is 5.82 Å². The molecule has 0 atom stereocenters. The maximum absolute atomic E-state index is 13.9. The Bertz CT molecular complexity index is 1230. The molecule has 1 amide bonds. The molecule has 6 nitrogen and oxygen atoms in total. The van der Waals surface area contributed by atoms with E-state index in [0.29, 0.717) is 44.4 Å². The molecule has 1 aliphatic heterocycles. The van der Waals surface area contributed by atoms with E-state index < -0.39 is 5.82 Å². The smallest absolute Gasteiger partial charge is 0.258 e. The van der Waals surface area contributed by atoms with Gasteiger partial charge in [-0.25, -0.2) is 4.39 Å². The van der Waals surface area contributed by atoms with E-state index >= 15 is 0 Å². The van der Waals surface area contributed by atoms with Gasteiger partial charge in [0.2, 0.25) is 0 Å². The first-order chi connectivity index (χ1) is 15.2. The number of nitrogens with zero attached hydrogens (tertiary/aromatic N) is 4. The molecule has 2 heterocycles. The molecule has 4 aromatic rings.